The second kappa shape index (κ2) is 9.89. The van der Waals surface area contributed by atoms with E-state index in [0.29, 0.717) is 39.3 Å². The highest BCUT2D eigenvalue weighted by atomic mass is 16.5. The minimum atomic E-state index is 0.120. The van der Waals surface area contributed by atoms with E-state index in [1.807, 2.05) is 0 Å². The van der Waals surface area contributed by atoms with E-state index in [0.717, 1.165) is 6.42 Å². The molecule has 0 rings (SSSR count). The molecule has 0 bridgehead atoms. The van der Waals surface area contributed by atoms with Crippen molar-refractivity contribution in [2.75, 3.05) is 47.1 Å². The summed E-state index contributed by atoms with van der Waals surface area (Å²) >= 11 is 0. The smallest absolute Gasteiger partial charge is 0.222 e. The van der Waals surface area contributed by atoms with Crippen LogP contribution < -0.4 is 5.73 Å². The van der Waals surface area contributed by atoms with E-state index >= 15 is 0 Å². The first-order chi connectivity index (χ1) is 7.26. The Morgan fingerprint density at radius 2 is 1.87 bits per heavy atom. The van der Waals surface area contributed by atoms with Crippen molar-refractivity contribution in [1.29, 1.82) is 0 Å². The van der Waals surface area contributed by atoms with Crippen LogP contribution in [0.2, 0.25) is 0 Å². The highest BCUT2D eigenvalue weighted by Gasteiger charge is 2.11. The van der Waals surface area contributed by atoms with E-state index in [2.05, 4.69) is 0 Å². The minimum Gasteiger partial charge on any atom is -0.385 e. The third-order valence-electron chi connectivity index (χ3n) is 2.06. The van der Waals surface area contributed by atoms with Crippen LogP contribution in [0.15, 0.2) is 0 Å². The van der Waals surface area contributed by atoms with Crippen LogP contribution in [0.3, 0.4) is 0 Å². The van der Waals surface area contributed by atoms with Crippen LogP contribution in [0.1, 0.15) is 12.8 Å². The first-order valence-electron chi connectivity index (χ1n) is 5.22. The molecule has 0 aromatic heterocycles. The van der Waals surface area contributed by atoms with Crippen molar-refractivity contribution in [3.8, 4) is 0 Å². The second-order valence-electron chi connectivity index (χ2n) is 3.26. The molecule has 0 fully saturated rings. The predicted octanol–water partition coefficient (Wildman–Crippen LogP) is -0.153. The molecule has 0 aliphatic rings. The van der Waals surface area contributed by atoms with Gasteiger partial charge >= 0.3 is 0 Å². The summed E-state index contributed by atoms with van der Waals surface area (Å²) in [6.07, 6.45) is 1.26. The van der Waals surface area contributed by atoms with Crippen LogP contribution in [-0.2, 0) is 14.3 Å². The molecular formula is C10H22N2O3. The van der Waals surface area contributed by atoms with Crippen molar-refractivity contribution in [3.63, 3.8) is 0 Å². The lowest BCUT2D eigenvalue weighted by molar-refractivity contribution is -0.132. The maximum Gasteiger partial charge on any atom is 0.222 e. The maximum atomic E-state index is 11.7. The van der Waals surface area contributed by atoms with E-state index in [1.54, 1.807) is 19.1 Å². The lowest BCUT2D eigenvalue weighted by Gasteiger charge is -2.21. The molecule has 0 saturated heterocycles. The third-order valence-corrected chi connectivity index (χ3v) is 2.06. The van der Waals surface area contributed by atoms with Gasteiger partial charge in [0, 0.05) is 46.9 Å². The van der Waals surface area contributed by atoms with Crippen LogP contribution in [-0.4, -0.2) is 57.9 Å². The second-order valence-corrected chi connectivity index (χ2v) is 3.26. The Hall–Kier alpha value is -0.650. The lowest BCUT2D eigenvalue weighted by atomic mass is 10.3. The molecule has 0 radical (unpaired) electrons. The number of hydrogen-bond donors (Lipinski definition) is 1. The fourth-order valence-electron chi connectivity index (χ4n) is 1.24. The summed E-state index contributed by atoms with van der Waals surface area (Å²) in [5, 5.41) is 0. The van der Waals surface area contributed by atoms with Crippen molar-refractivity contribution >= 4 is 5.91 Å². The molecule has 0 aliphatic carbocycles. The van der Waals surface area contributed by atoms with Crippen LogP contribution in [0.4, 0.5) is 0 Å². The summed E-state index contributed by atoms with van der Waals surface area (Å²) in [4.78, 5) is 13.4. The largest absolute Gasteiger partial charge is 0.385 e. The lowest BCUT2D eigenvalue weighted by Crippen LogP contribution is -2.37. The Morgan fingerprint density at radius 1 is 1.20 bits per heavy atom. The number of rotatable bonds is 9. The number of amides is 1. The summed E-state index contributed by atoms with van der Waals surface area (Å²) in [6, 6.07) is 0. The van der Waals surface area contributed by atoms with E-state index in [9.17, 15) is 4.79 Å². The van der Waals surface area contributed by atoms with Gasteiger partial charge in [0.25, 0.3) is 0 Å². The highest BCUT2D eigenvalue weighted by molar-refractivity contribution is 5.76. The summed E-state index contributed by atoms with van der Waals surface area (Å²) in [5.41, 5.74) is 5.43. The molecule has 1 amide bonds. The Kier molecular flexibility index (Phi) is 9.46. The van der Waals surface area contributed by atoms with Gasteiger partial charge in [0.15, 0.2) is 0 Å². The number of ether oxygens (including phenoxy) is 2. The van der Waals surface area contributed by atoms with Gasteiger partial charge in [0.1, 0.15) is 0 Å². The number of hydrogen-bond acceptors (Lipinski definition) is 4. The van der Waals surface area contributed by atoms with Gasteiger partial charge in [-0.3, -0.25) is 4.79 Å². The van der Waals surface area contributed by atoms with Gasteiger partial charge in [-0.2, -0.15) is 0 Å². The zero-order valence-electron chi connectivity index (χ0n) is 9.70. The zero-order valence-corrected chi connectivity index (χ0v) is 9.70. The van der Waals surface area contributed by atoms with Gasteiger partial charge in [-0.05, 0) is 6.42 Å². The molecule has 0 spiro atoms. The third kappa shape index (κ3) is 7.30. The minimum absolute atomic E-state index is 0.120. The number of nitrogens with two attached hydrogens (primary N) is 1. The average Bonchev–Trinajstić information content (AvgIpc) is 2.24. The first-order valence-corrected chi connectivity index (χ1v) is 5.22. The SMILES string of the molecule is COCCCC(=O)N(CCN)CCOC. The normalized spacial score (nSPS) is 10.3. The van der Waals surface area contributed by atoms with Gasteiger partial charge in [0.2, 0.25) is 5.91 Å². The standard InChI is InChI=1S/C10H22N2O3/c1-14-8-3-4-10(13)12(6-5-11)7-9-15-2/h3-9,11H2,1-2H3. The maximum absolute atomic E-state index is 11.7. The van der Waals surface area contributed by atoms with Gasteiger partial charge in [-0.25, -0.2) is 0 Å². The Bertz CT molecular complexity index is 165. The zero-order chi connectivity index (χ0) is 11.5. The van der Waals surface area contributed by atoms with Crippen LogP contribution in [0, 0.1) is 0 Å². The van der Waals surface area contributed by atoms with Crippen LogP contribution in [0.5, 0.6) is 0 Å². The number of nitrogens with zero attached hydrogens (tertiary/aromatic N) is 1. The molecule has 0 unspecified atom stereocenters. The summed E-state index contributed by atoms with van der Waals surface area (Å²) in [7, 11) is 3.25. The molecule has 15 heavy (non-hydrogen) atoms. The van der Waals surface area contributed by atoms with Crippen LogP contribution >= 0.6 is 0 Å². The summed E-state index contributed by atoms with van der Waals surface area (Å²) in [6.45, 7) is 2.86. The Morgan fingerprint density at radius 3 is 2.40 bits per heavy atom. The van der Waals surface area contributed by atoms with Crippen molar-refractivity contribution in [2.24, 2.45) is 5.73 Å². The van der Waals surface area contributed by atoms with Gasteiger partial charge in [0.05, 0.1) is 6.61 Å². The molecular weight excluding hydrogens is 196 g/mol. The molecule has 0 aromatic carbocycles. The molecule has 0 saturated carbocycles. The quantitative estimate of drug-likeness (QED) is 0.546. The van der Waals surface area contributed by atoms with Crippen molar-refractivity contribution in [1.82, 2.24) is 4.90 Å². The fourth-order valence-corrected chi connectivity index (χ4v) is 1.24. The first kappa shape index (κ1) is 14.3. The van der Waals surface area contributed by atoms with E-state index in [4.69, 9.17) is 15.2 Å². The van der Waals surface area contributed by atoms with Gasteiger partial charge in [-0.15, -0.1) is 0 Å². The molecule has 0 aromatic rings. The van der Waals surface area contributed by atoms with Crippen LogP contribution in [0.25, 0.3) is 0 Å². The molecule has 0 aliphatic heterocycles. The molecule has 2 N–H and O–H groups in total. The van der Waals surface area contributed by atoms with E-state index < -0.39 is 0 Å². The number of carbonyl (C=O) groups excluding carboxylic acids is 1. The van der Waals surface area contributed by atoms with Gasteiger partial charge < -0.3 is 20.1 Å². The average molecular weight is 218 g/mol. The topological polar surface area (TPSA) is 64.8 Å². The molecule has 5 heteroatoms. The van der Waals surface area contributed by atoms with E-state index in [1.165, 1.54) is 0 Å². The molecule has 0 heterocycles. The van der Waals surface area contributed by atoms with Crippen molar-refractivity contribution in [2.45, 2.75) is 12.8 Å². The number of methoxy groups -OCH3 is 2. The molecule has 90 valence electrons. The Balaban J connectivity index is 3.81. The van der Waals surface area contributed by atoms with Crippen molar-refractivity contribution < 1.29 is 14.3 Å². The molecule has 5 nitrogen and oxygen atoms in total. The summed E-state index contributed by atoms with van der Waals surface area (Å²) < 4.78 is 9.83. The highest BCUT2D eigenvalue weighted by Crippen LogP contribution is 1.98. The van der Waals surface area contributed by atoms with Gasteiger partial charge in [-0.1, -0.05) is 0 Å². The fraction of sp³-hybridized carbons (Fsp3) is 0.900. The Labute approximate surface area is 91.5 Å². The monoisotopic (exact) mass is 218 g/mol. The summed E-state index contributed by atoms with van der Waals surface area (Å²) in [5.74, 6) is 0.120. The number of carbonyl (C=O) groups is 1. The van der Waals surface area contributed by atoms with Crippen molar-refractivity contribution in [3.05, 3.63) is 0 Å². The molecule has 0 atom stereocenters. The predicted molar refractivity (Wildman–Crippen MR) is 58.6 cm³/mol. The van der Waals surface area contributed by atoms with E-state index in [-0.39, 0.29) is 5.91 Å².